The summed E-state index contributed by atoms with van der Waals surface area (Å²) >= 11 is 0. The quantitative estimate of drug-likeness (QED) is 0.924. The Morgan fingerprint density at radius 2 is 1.83 bits per heavy atom. The van der Waals surface area contributed by atoms with E-state index in [-0.39, 0.29) is 0 Å². The van der Waals surface area contributed by atoms with Crippen molar-refractivity contribution in [2.75, 3.05) is 6.54 Å². The van der Waals surface area contributed by atoms with Crippen molar-refractivity contribution in [1.82, 2.24) is 10.2 Å². The fraction of sp³-hybridized carbons (Fsp3) is 0.667. The zero-order chi connectivity index (χ0) is 16.3. The first-order valence-electron chi connectivity index (χ1n) is 9.82. The van der Waals surface area contributed by atoms with Crippen molar-refractivity contribution in [3.05, 3.63) is 35.4 Å². The van der Waals surface area contributed by atoms with E-state index in [4.69, 9.17) is 0 Å². The van der Waals surface area contributed by atoms with Gasteiger partial charge in [-0.1, -0.05) is 31.2 Å². The molecule has 3 nitrogen and oxygen atoms in total. The predicted molar refractivity (Wildman–Crippen MR) is 94.7 cm³/mol. The summed E-state index contributed by atoms with van der Waals surface area (Å²) in [7, 11) is 0. The molecular formula is C21H28N2O. The molecule has 1 N–H and O–H groups in total. The van der Waals surface area contributed by atoms with Gasteiger partial charge in [0.2, 0.25) is 5.91 Å². The first kappa shape index (κ1) is 14.9. The highest BCUT2D eigenvalue weighted by Gasteiger charge is 2.53. The van der Waals surface area contributed by atoms with Gasteiger partial charge in [0, 0.05) is 24.5 Å². The molecule has 128 valence electrons. The van der Waals surface area contributed by atoms with Crippen LogP contribution >= 0.6 is 0 Å². The molecule has 0 aromatic heterocycles. The minimum atomic E-state index is 0.442. The molecule has 0 unspecified atom stereocenters. The lowest BCUT2D eigenvalue weighted by atomic mass is 9.88. The van der Waals surface area contributed by atoms with Crippen LogP contribution in [-0.4, -0.2) is 35.5 Å². The average molecular weight is 324 g/mol. The van der Waals surface area contributed by atoms with Crippen LogP contribution in [0, 0.1) is 17.8 Å². The van der Waals surface area contributed by atoms with Gasteiger partial charge in [0.25, 0.3) is 0 Å². The Hall–Kier alpha value is -1.35. The molecule has 24 heavy (non-hydrogen) atoms. The van der Waals surface area contributed by atoms with Gasteiger partial charge >= 0.3 is 0 Å². The third kappa shape index (κ3) is 2.40. The number of hydrogen-bond donors (Lipinski definition) is 1. The lowest BCUT2D eigenvalue weighted by molar-refractivity contribution is -0.129. The zero-order valence-electron chi connectivity index (χ0n) is 14.6. The molecule has 2 saturated carbocycles. The summed E-state index contributed by atoms with van der Waals surface area (Å²) in [6.07, 6.45) is 6.85. The number of nitrogens with one attached hydrogen (secondary N) is 1. The van der Waals surface area contributed by atoms with Crippen LogP contribution in [0.2, 0.25) is 0 Å². The second-order valence-corrected chi connectivity index (χ2v) is 8.63. The van der Waals surface area contributed by atoms with E-state index >= 15 is 0 Å². The highest BCUT2D eigenvalue weighted by atomic mass is 16.2. The van der Waals surface area contributed by atoms with Gasteiger partial charge in [-0.05, 0) is 67.5 Å². The number of hydrogen-bond acceptors (Lipinski definition) is 2. The average Bonchev–Trinajstić information content (AvgIpc) is 3.12. The van der Waals surface area contributed by atoms with Gasteiger partial charge < -0.3 is 10.2 Å². The Kier molecular flexibility index (Phi) is 3.48. The summed E-state index contributed by atoms with van der Waals surface area (Å²) in [5, 5.41) is 3.86. The van der Waals surface area contributed by atoms with Crippen LogP contribution in [0.1, 0.15) is 43.7 Å². The van der Waals surface area contributed by atoms with Crippen LogP contribution in [0.5, 0.6) is 0 Å². The molecule has 1 saturated heterocycles. The fourth-order valence-corrected chi connectivity index (χ4v) is 5.72. The zero-order valence-corrected chi connectivity index (χ0v) is 14.6. The summed E-state index contributed by atoms with van der Waals surface area (Å²) in [6.45, 7) is 3.50. The maximum Gasteiger partial charge on any atom is 0.223 e. The third-order valence-electron chi connectivity index (χ3n) is 7.08. The normalized spacial score (nSPS) is 35.5. The molecule has 0 radical (unpaired) electrons. The standard InChI is InChI=1S/C21H28N2O/c1-13-8-20-18(11-21(24)23(20)17-6-7-17)19(13)12-22-16-9-14-4-2-3-5-15(14)10-16/h2-5,13,16-20,22H,6-12H2,1H3/t13-,18-,19+,20+/m0/s1. The number of nitrogens with zero attached hydrogens (tertiary/aromatic N) is 1. The minimum absolute atomic E-state index is 0.442. The van der Waals surface area contributed by atoms with Crippen molar-refractivity contribution >= 4 is 5.91 Å². The molecule has 4 aliphatic rings. The SMILES string of the molecule is C[C@H]1C[C@@H]2[C@@H](CC(=O)N2C2CC2)[C@@H]1CNC1Cc2ccccc2C1. The molecule has 1 aliphatic heterocycles. The van der Waals surface area contributed by atoms with E-state index < -0.39 is 0 Å². The third-order valence-corrected chi connectivity index (χ3v) is 7.08. The first-order valence-corrected chi connectivity index (χ1v) is 9.82. The van der Waals surface area contributed by atoms with Gasteiger partial charge in [-0.15, -0.1) is 0 Å². The molecule has 1 heterocycles. The van der Waals surface area contributed by atoms with E-state index in [2.05, 4.69) is 41.4 Å². The van der Waals surface area contributed by atoms with Crippen LogP contribution in [0.4, 0.5) is 0 Å². The predicted octanol–water partition coefficient (Wildman–Crippen LogP) is 2.78. The van der Waals surface area contributed by atoms with E-state index in [9.17, 15) is 4.79 Å². The second-order valence-electron chi connectivity index (χ2n) is 8.63. The van der Waals surface area contributed by atoms with Gasteiger partial charge in [0.1, 0.15) is 0 Å². The molecule has 0 bridgehead atoms. The molecule has 3 heteroatoms. The molecule has 5 rings (SSSR count). The van der Waals surface area contributed by atoms with Crippen molar-refractivity contribution in [3.8, 4) is 0 Å². The van der Waals surface area contributed by atoms with E-state index in [1.54, 1.807) is 0 Å². The van der Waals surface area contributed by atoms with Crippen LogP contribution < -0.4 is 5.32 Å². The van der Waals surface area contributed by atoms with Gasteiger partial charge in [-0.3, -0.25) is 4.79 Å². The monoisotopic (exact) mass is 324 g/mol. The summed E-state index contributed by atoms with van der Waals surface area (Å²) in [5.41, 5.74) is 3.03. The van der Waals surface area contributed by atoms with Gasteiger partial charge in [0.15, 0.2) is 0 Å². The van der Waals surface area contributed by atoms with Crippen molar-refractivity contribution < 1.29 is 4.79 Å². The molecular weight excluding hydrogens is 296 g/mol. The Morgan fingerprint density at radius 3 is 2.50 bits per heavy atom. The van der Waals surface area contributed by atoms with Gasteiger partial charge in [0.05, 0.1) is 0 Å². The van der Waals surface area contributed by atoms with Crippen LogP contribution in [0.15, 0.2) is 24.3 Å². The van der Waals surface area contributed by atoms with Crippen molar-refractivity contribution in [1.29, 1.82) is 0 Å². The summed E-state index contributed by atoms with van der Waals surface area (Å²) in [5.74, 6) is 2.46. The van der Waals surface area contributed by atoms with Gasteiger partial charge in [-0.25, -0.2) is 0 Å². The maximum atomic E-state index is 12.4. The molecule has 1 amide bonds. The Balaban J connectivity index is 1.23. The molecule has 3 aliphatic carbocycles. The van der Waals surface area contributed by atoms with E-state index in [1.165, 1.54) is 43.2 Å². The van der Waals surface area contributed by atoms with Crippen molar-refractivity contribution in [2.24, 2.45) is 17.8 Å². The smallest absolute Gasteiger partial charge is 0.223 e. The molecule has 1 aromatic carbocycles. The molecule has 4 atom stereocenters. The molecule has 1 aromatic rings. The van der Waals surface area contributed by atoms with Gasteiger partial charge in [-0.2, -0.15) is 0 Å². The number of fused-ring (bicyclic) bond motifs is 2. The van der Waals surface area contributed by atoms with Crippen LogP contribution in [0.25, 0.3) is 0 Å². The number of amides is 1. The lowest BCUT2D eigenvalue weighted by Gasteiger charge is -2.25. The Bertz CT molecular complexity index is 628. The lowest BCUT2D eigenvalue weighted by Crippen LogP contribution is -2.37. The largest absolute Gasteiger partial charge is 0.336 e. The first-order chi connectivity index (χ1) is 11.7. The number of carbonyl (C=O) groups excluding carboxylic acids is 1. The van der Waals surface area contributed by atoms with E-state index in [0.717, 1.165) is 18.9 Å². The summed E-state index contributed by atoms with van der Waals surface area (Å²) in [4.78, 5) is 14.7. The Morgan fingerprint density at radius 1 is 1.12 bits per heavy atom. The highest BCUT2D eigenvalue weighted by molar-refractivity contribution is 5.80. The highest BCUT2D eigenvalue weighted by Crippen LogP contribution is 2.49. The number of rotatable bonds is 4. The summed E-state index contributed by atoms with van der Waals surface area (Å²) < 4.78 is 0. The second kappa shape index (κ2) is 5.59. The van der Waals surface area contributed by atoms with E-state index in [0.29, 0.717) is 35.9 Å². The van der Waals surface area contributed by atoms with Crippen LogP contribution in [-0.2, 0) is 17.6 Å². The minimum Gasteiger partial charge on any atom is -0.336 e. The van der Waals surface area contributed by atoms with Crippen molar-refractivity contribution in [3.63, 3.8) is 0 Å². The number of carbonyl (C=O) groups is 1. The number of benzene rings is 1. The summed E-state index contributed by atoms with van der Waals surface area (Å²) in [6, 6.07) is 10.6. The fourth-order valence-electron chi connectivity index (χ4n) is 5.72. The topological polar surface area (TPSA) is 32.3 Å². The Labute approximate surface area is 144 Å². The molecule has 3 fully saturated rings. The maximum absolute atomic E-state index is 12.4. The molecule has 0 spiro atoms. The van der Waals surface area contributed by atoms with Crippen molar-refractivity contribution in [2.45, 2.75) is 63.6 Å². The van der Waals surface area contributed by atoms with Crippen LogP contribution in [0.3, 0.4) is 0 Å². The van der Waals surface area contributed by atoms with E-state index in [1.807, 2.05) is 0 Å². The number of likely N-dealkylation sites (tertiary alicyclic amines) is 1.